The van der Waals surface area contributed by atoms with Crippen LogP contribution in [0, 0.1) is 36.5 Å². The van der Waals surface area contributed by atoms with Gasteiger partial charge in [-0.05, 0) is 25.5 Å². The lowest BCUT2D eigenvalue weighted by Gasteiger charge is -2.16. The van der Waals surface area contributed by atoms with Crippen molar-refractivity contribution < 1.29 is 13.2 Å². The number of nitrogens with one attached hydrogen (secondary N) is 1. The summed E-state index contributed by atoms with van der Waals surface area (Å²) in [6, 6.07) is 7.31. The Morgan fingerprint density at radius 1 is 1.16 bits per heavy atom. The highest BCUT2D eigenvalue weighted by Crippen LogP contribution is 2.30. The van der Waals surface area contributed by atoms with Gasteiger partial charge >= 0.3 is 6.18 Å². The molecule has 0 atom stereocenters. The van der Waals surface area contributed by atoms with Gasteiger partial charge in [-0.3, -0.25) is 0 Å². The van der Waals surface area contributed by atoms with Crippen LogP contribution in [0.1, 0.15) is 11.1 Å². The van der Waals surface area contributed by atoms with E-state index in [0.29, 0.717) is 5.56 Å². The van der Waals surface area contributed by atoms with E-state index in [-0.39, 0.29) is 5.69 Å². The molecule has 0 saturated carbocycles. The minimum atomic E-state index is -4.79. The summed E-state index contributed by atoms with van der Waals surface area (Å²) in [6.45, 7) is 3.45. The molecule has 0 fully saturated rings. The molecule has 6 heteroatoms. The van der Waals surface area contributed by atoms with Crippen molar-refractivity contribution in [2.24, 2.45) is 0 Å². The lowest BCUT2D eigenvalue weighted by Crippen LogP contribution is -2.21. The zero-order chi connectivity index (χ0) is 14.6. The van der Waals surface area contributed by atoms with Gasteiger partial charge < -0.3 is 5.32 Å². The molecule has 98 valence electrons. The van der Waals surface area contributed by atoms with Crippen molar-refractivity contribution in [1.82, 2.24) is 0 Å². The largest absolute Gasteiger partial charge is 0.433 e. The molecule has 0 bridgehead atoms. The van der Waals surface area contributed by atoms with Crippen LogP contribution in [-0.2, 0) is 0 Å². The van der Waals surface area contributed by atoms with Gasteiger partial charge in [-0.1, -0.05) is 17.7 Å². The highest BCUT2D eigenvalue weighted by molar-refractivity contribution is 5.59. The lowest BCUT2D eigenvalue weighted by atomic mass is 10.1. The molecule has 0 amide bonds. The van der Waals surface area contributed by atoms with Crippen LogP contribution in [0.15, 0.2) is 29.5 Å². The normalized spacial score (nSPS) is 10.3. The van der Waals surface area contributed by atoms with Crippen LogP contribution >= 0.6 is 0 Å². The molecule has 0 unspecified atom stereocenters. The second-order valence-corrected chi connectivity index (χ2v) is 3.91. The molecule has 0 aromatic heterocycles. The number of allylic oxidation sites excluding steroid dienone is 2. The van der Waals surface area contributed by atoms with Crippen LogP contribution in [0.2, 0.25) is 0 Å². The molecule has 1 aromatic rings. The number of benzene rings is 1. The Bertz CT molecular complexity index is 585. The number of hydrogen-bond acceptors (Lipinski definition) is 3. The standard InChI is InChI=1S/C13H10F3N3/c1-8-3-4-11(9(2)5-8)19-12(13(14,15)16)10(6-17)7-18/h3-5,19H,1-2H3. The fourth-order valence-corrected chi connectivity index (χ4v) is 1.50. The van der Waals surface area contributed by atoms with Gasteiger partial charge in [-0.2, -0.15) is 23.7 Å². The third-order valence-corrected chi connectivity index (χ3v) is 2.40. The van der Waals surface area contributed by atoms with Crippen molar-refractivity contribution >= 4 is 5.69 Å². The first-order valence-electron chi connectivity index (χ1n) is 5.25. The number of alkyl halides is 3. The SMILES string of the molecule is Cc1ccc(NC(=C(C#N)C#N)C(F)(F)F)c(C)c1. The Hall–Kier alpha value is -2.47. The highest BCUT2D eigenvalue weighted by Gasteiger charge is 2.37. The summed E-state index contributed by atoms with van der Waals surface area (Å²) in [6.07, 6.45) is -4.79. The first-order valence-corrected chi connectivity index (χ1v) is 5.25. The Morgan fingerprint density at radius 2 is 1.74 bits per heavy atom. The Kier molecular flexibility index (Phi) is 4.18. The number of nitrogens with zero attached hydrogens (tertiary/aromatic N) is 2. The van der Waals surface area contributed by atoms with Gasteiger partial charge in [-0.25, -0.2) is 0 Å². The molecule has 0 aliphatic carbocycles. The van der Waals surface area contributed by atoms with Gasteiger partial charge in [0.25, 0.3) is 0 Å². The lowest BCUT2D eigenvalue weighted by molar-refractivity contribution is -0.0906. The molecule has 1 aromatic carbocycles. The van der Waals surface area contributed by atoms with Gasteiger partial charge in [0.2, 0.25) is 0 Å². The predicted octanol–water partition coefficient (Wildman–Crippen LogP) is 3.58. The summed E-state index contributed by atoms with van der Waals surface area (Å²) in [7, 11) is 0. The van der Waals surface area contributed by atoms with Gasteiger partial charge in [0.1, 0.15) is 17.8 Å². The second kappa shape index (κ2) is 5.45. The van der Waals surface area contributed by atoms with E-state index >= 15 is 0 Å². The van der Waals surface area contributed by atoms with E-state index in [9.17, 15) is 13.2 Å². The average molecular weight is 265 g/mol. The number of nitriles is 2. The summed E-state index contributed by atoms with van der Waals surface area (Å²) in [5.74, 6) is 0. The Labute approximate surface area is 108 Å². The molecule has 0 radical (unpaired) electrons. The minimum absolute atomic E-state index is 0.209. The minimum Gasteiger partial charge on any atom is -0.350 e. The average Bonchev–Trinajstić information content (AvgIpc) is 2.30. The van der Waals surface area contributed by atoms with E-state index in [1.807, 2.05) is 6.92 Å². The summed E-state index contributed by atoms with van der Waals surface area (Å²) >= 11 is 0. The van der Waals surface area contributed by atoms with E-state index in [1.54, 1.807) is 19.1 Å². The number of aryl methyl sites for hydroxylation is 2. The number of halogens is 3. The Morgan fingerprint density at radius 3 is 2.16 bits per heavy atom. The van der Waals surface area contributed by atoms with Gasteiger partial charge in [0.05, 0.1) is 0 Å². The molecule has 19 heavy (non-hydrogen) atoms. The Balaban J connectivity index is 3.29. The number of anilines is 1. The monoisotopic (exact) mass is 265 g/mol. The number of rotatable bonds is 2. The fourth-order valence-electron chi connectivity index (χ4n) is 1.50. The topological polar surface area (TPSA) is 59.6 Å². The maximum absolute atomic E-state index is 12.8. The fraction of sp³-hybridized carbons (Fsp3) is 0.231. The maximum atomic E-state index is 12.8. The van der Waals surface area contributed by atoms with Gasteiger partial charge in [0, 0.05) is 5.69 Å². The van der Waals surface area contributed by atoms with Gasteiger partial charge in [-0.15, -0.1) is 0 Å². The van der Waals surface area contributed by atoms with Crippen molar-refractivity contribution in [2.45, 2.75) is 20.0 Å². The van der Waals surface area contributed by atoms with E-state index in [1.165, 1.54) is 18.2 Å². The molecule has 0 aliphatic heterocycles. The maximum Gasteiger partial charge on any atom is 0.433 e. The zero-order valence-electron chi connectivity index (χ0n) is 10.3. The van der Waals surface area contributed by atoms with Crippen LogP contribution in [0.5, 0.6) is 0 Å². The van der Waals surface area contributed by atoms with E-state index in [4.69, 9.17) is 10.5 Å². The van der Waals surface area contributed by atoms with Crippen LogP contribution in [0.3, 0.4) is 0 Å². The van der Waals surface area contributed by atoms with Crippen molar-refractivity contribution in [2.75, 3.05) is 5.32 Å². The predicted molar refractivity (Wildman–Crippen MR) is 63.8 cm³/mol. The number of hydrogen-bond donors (Lipinski definition) is 1. The molecule has 1 N–H and O–H groups in total. The molecular formula is C13H10F3N3. The third kappa shape index (κ3) is 3.49. The molecule has 3 nitrogen and oxygen atoms in total. The molecule has 0 saturated heterocycles. The molecule has 0 heterocycles. The quantitative estimate of drug-likeness (QED) is 0.831. The summed E-state index contributed by atoms with van der Waals surface area (Å²) < 4.78 is 38.5. The van der Waals surface area contributed by atoms with Crippen molar-refractivity contribution in [3.05, 3.63) is 40.6 Å². The molecule has 0 aliphatic rings. The van der Waals surface area contributed by atoms with Crippen LogP contribution in [0.4, 0.5) is 18.9 Å². The third-order valence-electron chi connectivity index (χ3n) is 2.40. The molecular weight excluding hydrogens is 255 g/mol. The first kappa shape index (κ1) is 14.6. The molecule has 1 rings (SSSR count). The van der Waals surface area contributed by atoms with E-state index in [0.717, 1.165) is 5.56 Å². The summed E-state index contributed by atoms with van der Waals surface area (Å²) in [5, 5.41) is 19.3. The highest BCUT2D eigenvalue weighted by atomic mass is 19.4. The smallest absolute Gasteiger partial charge is 0.350 e. The van der Waals surface area contributed by atoms with Crippen LogP contribution < -0.4 is 5.32 Å². The van der Waals surface area contributed by atoms with Crippen molar-refractivity contribution in [3.63, 3.8) is 0 Å². The summed E-state index contributed by atoms with van der Waals surface area (Å²) in [4.78, 5) is 0. The second-order valence-electron chi connectivity index (χ2n) is 3.91. The van der Waals surface area contributed by atoms with E-state index in [2.05, 4.69) is 5.32 Å². The summed E-state index contributed by atoms with van der Waals surface area (Å²) in [5.41, 5.74) is -0.629. The first-order chi connectivity index (χ1) is 8.79. The van der Waals surface area contributed by atoms with Crippen LogP contribution in [0.25, 0.3) is 0 Å². The van der Waals surface area contributed by atoms with Gasteiger partial charge in [0.15, 0.2) is 5.57 Å². The van der Waals surface area contributed by atoms with Crippen molar-refractivity contribution in [1.29, 1.82) is 10.5 Å². The van der Waals surface area contributed by atoms with Crippen LogP contribution in [-0.4, -0.2) is 6.18 Å². The van der Waals surface area contributed by atoms with Crippen molar-refractivity contribution in [3.8, 4) is 12.1 Å². The zero-order valence-corrected chi connectivity index (χ0v) is 10.3. The van der Waals surface area contributed by atoms with E-state index < -0.39 is 17.4 Å². The molecule has 0 spiro atoms.